The van der Waals surface area contributed by atoms with Crippen molar-refractivity contribution >= 4 is 17.7 Å². The number of aryl methyl sites for hydroxylation is 1. The number of ketones is 1. The maximum atomic E-state index is 12.3. The number of carbonyl (C=O) groups is 1. The number of hydrogen-bond acceptors (Lipinski definition) is 5. The van der Waals surface area contributed by atoms with Crippen LogP contribution in [0.25, 0.3) is 6.08 Å². The molecule has 0 fully saturated rings. The van der Waals surface area contributed by atoms with Gasteiger partial charge in [-0.15, -0.1) is 0 Å². The fraction of sp³-hybridized carbons (Fsp3) is 0.143. The highest BCUT2D eigenvalue weighted by atomic mass is 16.6. The first-order chi connectivity index (χ1) is 13.5. The van der Waals surface area contributed by atoms with E-state index in [1.54, 1.807) is 37.6 Å². The molecule has 0 saturated heterocycles. The van der Waals surface area contributed by atoms with Crippen LogP contribution >= 0.6 is 0 Å². The minimum atomic E-state index is -0.538. The van der Waals surface area contributed by atoms with E-state index in [1.807, 2.05) is 31.2 Å². The molecule has 0 spiro atoms. The van der Waals surface area contributed by atoms with Gasteiger partial charge in [-0.3, -0.25) is 4.79 Å². The third-order valence-electron chi connectivity index (χ3n) is 4.21. The van der Waals surface area contributed by atoms with Crippen molar-refractivity contribution in [1.29, 1.82) is 0 Å². The lowest BCUT2D eigenvalue weighted by atomic mass is 10.1. The van der Waals surface area contributed by atoms with E-state index < -0.39 is 4.92 Å². The lowest BCUT2D eigenvalue weighted by Crippen LogP contribution is -2.03. The van der Waals surface area contributed by atoms with Crippen molar-refractivity contribution in [2.75, 3.05) is 7.11 Å². The second-order valence-corrected chi connectivity index (χ2v) is 6.26. The van der Waals surface area contributed by atoms with Gasteiger partial charge in [-0.2, -0.15) is 4.68 Å². The van der Waals surface area contributed by atoms with Crippen LogP contribution in [0, 0.1) is 17.0 Å². The molecule has 0 atom stereocenters. The number of rotatable bonds is 7. The Bertz CT molecular complexity index is 1040. The smallest absolute Gasteiger partial charge is 0.389 e. The molecule has 142 valence electrons. The van der Waals surface area contributed by atoms with Gasteiger partial charge in [-0.1, -0.05) is 42.0 Å². The van der Waals surface area contributed by atoms with Crippen molar-refractivity contribution in [3.63, 3.8) is 0 Å². The summed E-state index contributed by atoms with van der Waals surface area (Å²) in [5.74, 6) is 0.346. The van der Waals surface area contributed by atoms with E-state index in [-0.39, 0.29) is 11.6 Å². The van der Waals surface area contributed by atoms with E-state index in [2.05, 4.69) is 5.10 Å². The van der Waals surface area contributed by atoms with E-state index in [0.717, 1.165) is 16.7 Å². The Balaban J connectivity index is 1.80. The molecule has 3 aromatic rings. The fourth-order valence-corrected chi connectivity index (χ4v) is 2.72. The highest BCUT2D eigenvalue weighted by Crippen LogP contribution is 2.22. The molecule has 1 heterocycles. The van der Waals surface area contributed by atoms with Crippen molar-refractivity contribution in [2.45, 2.75) is 13.5 Å². The molecule has 0 radical (unpaired) electrons. The summed E-state index contributed by atoms with van der Waals surface area (Å²) in [5.41, 5.74) is 3.34. The maximum Gasteiger partial charge on any atom is 0.389 e. The van der Waals surface area contributed by atoms with Crippen LogP contribution in [0.5, 0.6) is 5.75 Å². The van der Waals surface area contributed by atoms with Crippen LogP contribution in [0.4, 0.5) is 5.82 Å². The predicted octanol–water partition coefficient (Wildman–Crippen LogP) is 4.05. The number of benzene rings is 2. The lowest BCUT2D eigenvalue weighted by molar-refractivity contribution is -0.389. The monoisotopic (exact) mass is 377 g/mol. The molecule has 0 aliphatic heterocycles. The van der Waals surface area contributed by atoms with E-state index in [4.69, 9.17) is 4.74 Å². The third kappa shape index (κ3) is 4.50. The van der Waals surface area contributed by atoms with Gasteiger partial charge in [0.05, 0.1) is 31.0 Å². The second-order valence-electron chi connectivity index (χ2n) is 6.26. The number of allylic oxidation sites excluding steroid dienone is 1. The summed E-state index contributed by atoms with van der Waals surface area (Å²) in [5, 5.41) is 14.7. The van der Waals surface area contributed by atoms with Crippen LogP contribution in [0.15, 0.2) is 60.8 Å². The van der Waals surface area contributed by atoms with Crippen LogP contribution < -0.4 is 4.74 Å². The van der Waals surface area contributed by atoms with Gasteiger partial charge in [-0.25, -0.2) is 0 Å². The van der Waals surface area contributed by atoms with Crippen molar-refractivity contribution in [3.8, 4) is 5.75 Å². The molecule has 3 rings (SSSR count). The van der Waals surface area contributed by atoms with Gasteiger partial charge < -0.3 is 14.9 Å². The summed E-state index contributed by atoms with van der Waals surface area (Å²) in [7, 11) is 1.56. The Morgan fingerprint density at radius 2 is 1.96 bits per heavy atom. The van der Waals surface area contributed by atoms with Gasteiger partial charge in [0.15, 0.2) is 5.78 Å². The standard InChI is InChI=1S/C21H19N3O4/c1-15-3-7-17(8-4-15)19(25)9-5-16-6-10-20(28-2)18(13-16)14-23-12-11-21(22-23)24(26)27/h3-13H,14H2,1-2H3/b9-5+. The number of methoxy groups -OCH3 is 1. The van der Waals surface area contributed by atoms with Gasteiger partial charge in [0.25, 0.3) is 0 Å². The van der Waals surface area contributed by atoms with E-state index in [1.165, 1.54) is 16.8 Å². The number of hydrogen-bond donors (Lipinski definition) is 0. The Morgan fingerprint density at radius 1 is 1.21 bits per heavy atom. The molecule has 0 bridgehead atoms. The molecule has 7 nitrogen and oxygen atoms in total. The number of carbonyl (C=O) groups excluding carboxylic acids is 1. The first-order valence-corrected chi connectivity index (χ1v) is 8.60. The fourth-order valence-electron chi connectivity index (χ4n) is 2.72. The first-order valence-electron chi connectivity index (χ1n) is 8.60. The molecule has 0 aliphatic carbocycles. The van der Waals surface area contributed by atoms with Crippen LogP contribution in [-0.2, 0) is 6.54 Å². The average molecular weight is 377 g/mol. The maximum absolute atomic E-state index is 12.3. The summed E-state index contributed by atoms with van der Waals surface area (Å²) in [6, 6.07) is 14.2. The average Bonchev–Trinajstić information content (AvgIpc) is 3.16. The molecular formula is C21H19N3O4. The first kappa shape index (κ1) is 19.0. The van der Waals surface area contributed by atoms with Crippen molar-refractivity contribution in [2.24, 2.45) is 0 Å². The van der Waals surface area contributed by atoms with Crippen LogP contribution in [-0.4, -0.2) is 27.6 Å². The molecule has 28 heavy (non-hydrogen) atoms. The zero-order chi connectivity index (χ0) is 20.1. The summed E-state index contributed by atoms with van der Waals surface area (Å²) >= 11 is 0. The lowest BCUT2D eigenvalue weighted by Gasteiger charge is -2.08. The number of nitrogens with zero attached hydrogens (tertiary/aromatic N) is 3. The Labute approximate surface area is 162 Å². The zero-order valence-electron chi connectivity index (χ0n) is 15.5. The second kappa shape index (κ2) is 8.30. The van der Waals surface area contributed by atoms with E-state index in [9.17, 15) is 14.9 Å². The number of nitro groups is 1. The van der Waals surface area contributed by atoms with Crippen molar-refractivity contribution in [3.05, 3.63) is 93.2 Å². The Hall–Kier alpha value is -3.74. The summed E-state index contributed by atoms with van der Waals surface area (Å²) in [6.45, 7) is 2.28. The van der Waals surface area contributed by atoms with E-state index >= 15 is 0 Å². The molecule has 0 unspecified atom stereocenters. The topological polar surface area (TPSA) is 87.3 Å². The van der Waals surface area contributed by atoms with Gasteiger partial charge in [0, 0.05) is 11.1 Å². The SMILES string of the molecule is COc1ccc(/C=C/C(=O)c2ccc(C)cc2)cc1Cn1ccc([N+](=O)[O-])n1. The van der Waals surface area contributed by atoms with Crippen molar-refractivity contribution < 1.29 is 14.5 Å². The Kier molecular flexibility index (Phi) is 5.64. The molecule has 0 amide bonds. The van der Waals surface area contributed by atoms with Gasteiger partial charge in [0.1, 0.15) is 5.75 Å². The van der Waals surface area contributed by atoms with Crippen LogP contribution in [0.1, 0.15) is 27.0 Å². The molecule has 0 aliphatic rings. The minimum Gasteiger partial charge on any atom is -0.496 e. The molecule has 0 N–H and O–H groups in total. The molecule has 7 heteroatoms. The highest BCUT2D eigenvalue weighted by Gasteiger charge is 2.13. The molecular weight excluding hydrogens is 358 g/mol. The highest BCUT2D eigenvalue weighted by molar-refractivity contribution is 6.06. The van der Waals surface area contributed by atoms with Crippen molar-refractivity contribution in [1.82, 2.24) is 9.78 Å². The normalized spacial score (nSPS) is 10.9. The number of ether oxygens (including phenoxy) is 1. The van der Waals surface area contributed by atoms with Crippen LogP contribution in [0.3, 0.4) is 0 Å². The van der Waals surface area contributed by atoms with E-state index in [0.29, 0.717) is 17.9 Å². The minimum absolute atomic E-state index is 0.0833. The summed E-state index contributed by atoms with van der Waals surface area (Å²) < 4.78 is 6.84. The summed E-state index contributed by atoms with van der Waals surface area (Å²) in [6.07, 6.45) is 4.80. The zero-order valence-corrected chi connectivity index (χ0v) is 15.5. The largest absolute Gasteiger partial charge is 0.496 e. The Morgan fingerprint density at radius 3 is 2.61 bits per heavy atom. The quantitative estimate of drug-likeness (QED) is 0.268. The molecule has 2 aromatic carbocycles. The van der Waals surface area contributed by atoms with Gasteiger partial charge in [-0.05, 0) is 35.6 Å². The van der Waals surface area contributed by atoms with Gasteiger partial charge >= 0.3 is 5.82 Å². The van der Waals surface area contributed by atoms with Gasteiger partial charge in [0.2, 0.25) is 0 Å². The number of aromatic nitrogens is 2. The third-order valence-corrected chi connectivity index (χ3v) is 4.21. The van der Waals surface area contributed by atoms with Crippen LogP contribution in [0.2, 0.25) is 0 Å². The molecule has 0 saturated carbocycles. The summed E-state index contributed by atoms with van der Waals surface area (Å²) in [4.78, 5) is 22.6. The predicted molar refractivity (Wildman–Crippen MR) is 106 cm³/mol. The molecule has 1 aromatic heterocycles.